The van der Waals surface area contributed by atoms with E-state index in [0.717, 1.165) is 24.0 Å². The van der Waals surface area contributed by atoms with E-state index in [0.29, 0.717) is 0 Å². The number of benzene rings is 7. The zero-order chi connectivity index (χ0) is 29.0. The van der Waals surface area contributed by atoms with Crippen LogP contribution in [0.15, 0.2) is 84.9 Å². The lowest BCUT2D eigenvalue weighted by atomic mass is 9.80. The van der Waals surface area contributed by atoms with Gasteiger partial charge < -0.3 is 0 Å². The summed E-state index contributed by atoms with van der Waals surface area (Å²) in [5.41, 5.74) is 8.20. The Bertz CT molecular complexity index is 2240. The van der Waals surface area contributed by atoms with Crippen LogP contribution in [-0.2, 0) is 23.7 Å². The van der Waals surface area contributed by atoms with Gasteiger partial charge in [-0.05, 0) is 124 Å². The van der Waals surface area contributed by atoms with Crippen LogP contribution >= 0.6 is 0 Å². The smallest absolute Gasteiger partial charge is 0.0261 e. The van der Waals surface area contributed by atoms with Crippen LogP contribution in [0.25, 0.3) is 53.9 Å². The van der Waals surface area contributed by atoms with Crippen molar-refractivity contribution >= 4 is 53.9 Å². The second-order valence-corrected chi connectivity index (χ2v) is 14.5. The van der Waals surface area contributed by atoms with Gasteiger partial charge in [-0.1, -0.05) is 114 Å². The molecule has 0 spiro atoms. The van der Waals surface area contributed by atoms with Crippen molar-refractivity contribution in [2.45, 2.75) is 65.2 Å². The Hall–Kier alpha value is -4.34. The van der Waals surface area contributed by atoms with Crippen molar-refractivity contribution in [1.29, 1.82) is 0 Å². The Morgan fingerprint density at radius 3 is 1.19 bits per heavy atom. The molecule has 0 bridgehead atoms. The molecule has 1 aliphatic rings. The molecule has 0 unspecified atom stereocenters. The van der Waals surface area contributed by atoms with Crippen molar-refractivity contribution < 1.29 is 0 Å². The molecule has 0 radical (unpaired) electrons. The molecule has 1 aliphatic carbocycles. The average Bonchev–Trinajstić information content (AvgIpc) is 2.96. The molecule has 8 rings (SSSR count). The van der Waals surface area contributed by atoms with Gasteiger partial charge in [-0.25, -0.2) is 0 Å². The summed E-state index contributed by atoms with van der Waals surface area (Å²) in [5.74, 6) is 7.08. The SMILES string of the molecule is CC(C)(C)c1cc2c3c(ccc4cc(C#Cc5cc6ccc7cc(C(C)(C)C)cc8ccc(c5)c6c78)cc(c43)CC2)c1. The molecule has 0 atom stereocenters. The van der Waals surface area contributed by atoms with Crippen molar-refractivity contribution in [3.63, 3.8) is 0 Å². The highest BCUT2D eigenvalue weighted by molar-refractivity contribution is 6.23. The van der Waals surface area contributed by atoms with E-state index in [-0.39, 0.29) is 10.8 Å². The predicted molar refractivity (Wildman–Crippen MR) is 182 cm³/mol. The van der Waals surface area contributed by atoms with Gasteiger partial charge in [-0.3, -0.25) is 0 Å². The molecule has 0 heterocycles. The summed E-state index contributed by atoms with van der Waals surface area (Å²) in [5, 5.41) is 13.4. The standard InChI is InChI=1S/C42H36/c1-41(2,3)35-21-31-13-9-27-17-25(18-28-10-14-32(22-35)39(31)37(27)28)7-8-26-19-29-11-15-33-23-36(42(4,5)6)24-34-16-12-30(20-26)38(29)40(33)34/h9-11,13-15,17-24H,12,16H2,1-6H3. The molecule has 0 saturated carbocycles. The van der Waals surface area contributed by atoms with Gasteiger partial charge >= 0.3 is 0 Å². The highest BCUT2D eigenvalue weighted by Gasteiger charge is 2.21. The quantitative estimate of drug-likeness (QED) is 0.133. The second-order valence-electron chi connectivity index (χ2n) is 14.5. The zero-order valence-electron chi connectivity index (χ0n) is 25.5. The molecule has 204 valence electrons. The van der Waals surface area contributed by atoms with Crippen LogP contribution in [0.3, 0.4) is 0 Å². The van der Waals surface area contributed by atoms with Crippen LogP contribution in [0.1, 0.15) is 74.9 Å². The molecule has 0 N–H and O–H groups in total. The fourth-order valence-electron chi connectivity index (χ4n) is 7.16. The minimum Gasteiger partial charge on any atom is -0.0616 e. The third-order valence-electron chi connectivity index (χ3n) is 9.47. The van der Waals surface area contributed by atoms with Crippen LogP contribution in [0, 0.1) is 11.8 Å². The fraction of sp³-hybridized carbons (Fsp3) is 0.238. The predicted octanol–water partition coefficient (Wildman–Crippen LogP) is 11.0. The summed E-state index contributed by atoms with van der Waals surface area (Å²) in [6, 6.07) is 32.5. The number of hydrogen-bond acceptors (Lipinski definition) is 0. The van der Waals surface area contributed by atoms with Gasteiger partial charge in [0.1, 0.15) is 0 Å². The molecule has 0 aromatic heterocycles. The lowest BCUT2D eigenvalue weighted by Gasteiger charge is -2.25. The summed E-state index contributed by atoms with van der Waals surface area (Å²) in [6.07, 6.45) is 2.17. The maximum absolute atomic E-state index is 3.54. The first-order valence-corrected chi connectivity index (χ1v) is 15.3. The van der Waals surface area contributed by atoms with E-state index in [2.05, 4.69) is 138 Å². The van der Waals surface area contributed by atoms with Crippen LogP contribution in [0.2, 0.25) is 0 Å². The molecule has 42 heavy (non-hydrogen) atoms. The van der Waals surface area contributed by atoms with Gasteiger partial charge in [0.25, 0.3) is 0 Å². The van der Waals surface area contributed by atoms with E-state index >= 15 is 0 Å². The van der Waals surface area contributed by atoms with E-state index in [1.807, 2.05) is 0 Å². The van der Waals surface area contributed by atoms with Gasteiger partial charge in [0.15, 0.2) is 0 Å². The van der Waals surface area contributed by atoms with Gasteiger partial charge in [0.05, 0.1) is 0 Å². The maximum atomic E-state index is 3.54. The maximum Gasteiger partial charge on any atom is 0.0261 e. The Labute approximate surface area is 248 Å². The fourth-order valence-corrected chi connectivity index (χ4v) is 7.16. The van der Waals surface area contributed by atoms with E-state index < -0.39 is 0 Å². The molecule has 0 nitrogen and oxygen atoms in total. The Morgan fingerprint density at radius 2 is 0.738 bits per heavy atom. The van der Waals surface area contributed by atoms with Crippen molar-refractivity contribution in [2.24, 2.45) is 0 Å². The second kappa shape index (κ2) is 8.59. The van der Waals surface area contributed by atoms with Crippen molar-refractivity contribution in [3.05, 3.63) is 118 Å². The van der Waals surface area contributed by atoms with E-state index in [1.165, 1.54) is 76.1 Å². The van der Waals surface area contributed by atoms with Gasteiger partial charge in [0, 0.05) is 11.1 Å². The Kier molecular flexibility index (Phi) is 5.19. The Morgan fingerprint density at radius 1 is 0.405 bits per heavy atom. The molecular formula is C42H36. The minimum absolute atomic E-state index is 0.125. The molecule has 0 aliphatic heterocycles. The van der Waals surface area contributed by atoms with Crippen molar-refractivity contribution in [3.8, 4) is 11.8 Å². The highest BCUT2D eigenvalue weighted by atomic mass is 14.3. The van der Waals surface area contributed by atoms with Crippen LogP contribution < -0.4 is 0 Å². The first-order valence-electron chi connectivity index (χ1n) is 15.3. The lowest BCUT2D eigenvalue weighted by Crippen LogP contribution is -2.13. The first-order chi connectivity index (χ1) is 20.0. The normalized spacial score (nSPS) is 13.6. The van der Waals surface area contributed by atoms with Crippen LogP contribution in [0.5, 0.6) is 0 Å². The molecule has 0 heteroatoms. The van der Waals surface area contributed by atoms with Crippen molar-refractivity contribution in [2.75, 3.05) is 0 Å². The minimum atomic E-state index is 0.125. The molecule has 0 fully saturated rings. The Balaban J connectivity index is 1.23. The number of aryl methyl sites for hydroxylation is 2. The van der Waals surface area contributed by atoms with Gasteiger partial charge in [0.2, 0.25) is 0 Å². The topological polar surface area (TPSA) is 0 Å². The van der Waals surface area contributed by atoms with E-state index in [9.17, 15) is 0 Å². The van der Waals surface area contributed by atoms with Crippen LogP contribution in [0.4, 0.5) is 0 Å². The molecular weight excluding hydrogens is 504 g/mol. The van der Waals surface area contributed by atoms with Crippen molar-refractivity contribution in [1.82, 2.24) is 0 Å². The van der Waals surface area contributed by atoms with Crippen LogP contribution in [-0.4, -0.2) is 0 Å². The number of hydrogen-bond donors (Lipinski definition) is 0. The molecule has 0 saturated heterocycles. The average molecular weight is 541 g/mol. The lowest BCUT2D eigenvalue weighted by molar-refractivity contribution is 0.590. The summed E-state index contributed by atoms with van der Waals surface area (Å²) in [6.45, 7) is 13.8. The first kappa shape index (κ1) is 25.4. The van der Waals surface area contributed by atoms with Gasteiger partial charge in [-0.15, -0.1) is 0 Å². The summed E-state index contributed by atoms with van der Waals surface area (Å²) in [4.78, 5) is 0. The third-order valence-corrected chi connectivity index (χ3v) is 9.47. The highest BCUT2D eigenvalue weighted by Crippen LogP contribution is 2.40. The summed E-state index contributed by atoms with van der Waals surface area (Å²) >= 11 is 0. The molecule has 7 aromatic rings. The molecule has 7 aromatic carbocycles. The van der Waals surface area contributed by atoms with E-state index in [4.69, 9.17) is 0 Å². The van der Waals surface area contributed by atoms with Gasteiger partial charge in [-0.2, -0.15) is 0 Å². The summed E-state index contributed by atoms with van der Waals surface area (Å²) in [7, 11) is 0. The third kappa shape index (κ3) is 3.91. The summed E-state index contributed by atoms with van der Waals surface area (Å²) < 4.78 is 0. The zero-order valence-corrected chi connectivity index (χ0v) is 25.5. The molecule has 0 amide bonds. The monoisotopic (exact) mass is 540 g/mol. The number of rotatable bonds is 0. The largest absolute Gasteiger partial charge is 0.0616 e. The van der Waals surface area contributed by atoms with E-state index in [1.54, 1.807) is 0 Å².